The van der Waals surface area contributed by atoms with Gasteiger partial charge in [-0.1, -0.05) is 12.8 Å². The van der Waals surface area contributed by atoms with Crippen LogP contribution in [0.25, 0.3) is 10.2 Å². The second-order valence-corrected chi connectivity index (χ2v) is 6.54. The maximum Gasteiger partial charge on any atom is 0.259 e. The standard InChI is InChI=1S/C14H19N3OS/c1-8-9(2)19-14-12(8)13(18)16-11(17-14)7-15-10-5-3-4-6-10/h10,15H,3-7H2,1-2H3,(H,16,17,18). The number of fused-ring (bicyclic) bond motifs is 1. The Morgan fingerprint density at radius 1 is 1.37 bits per heavy atom. The van der Waals surface area contributed by atoms with Crippen LogP contribution in [-0.2, 0) is 6.54 Å². The average molecular weight is 277 g/mol. The SMILES string of the molecule is Cc1sc2nc(CNC3CCCC3)[nH]c(=O)c2c1C. The molecular weight excluding hydrogens is 258 g/mol. The lowest BCUT2D eigenvalue weighted by molar-refractivity contribution is 0.514. The number of nitrogens with zero attached hydrogens (tertiary/aromatic N) is 1. The molecular formula is C14H19N3OS. The molecule has 0 radical (unpaired) electrons. The van der Waals surface area contributed by atoms with Gasteiger partial charge in [-0.15, -0.1) is 11.3 Å². The highest BCUT2D eigenvalue weighted by atomic mass is 32.1. The highest BCUT2D eigenvalue weighted by Gasteiger charge is 2.15. The van der Waals surface area contributed by atoms with E-state index in [1.807, 2.05) is 13.8 Å². The van der Waals surface area contributed by atoms with Crippen molar-refractivity contribution in [3.05, 3.63) is 26.6 Å². The smallest absolute Gasteiger partial charge is 0.259 e. The number of H-pyrrole nitrogens is 1. The molecule has 1 aliphatic rings. The molecule has 2 aromatic heterocycles. The topological polar surface area (TPSA) is 57.8 Å². The second kappa shape index (κ2) is 5.06. The van der Waals surface area contributed by atoms with Crippen LogP contribution in [0.1, 0.15) is 41.9 Å². The molecule has 2 heterocycles. The molecule has 0 atom stereocenters. The largest absolute Gasteiger partial charge is 0.309 e. The molecule has 2 aromatic rings. The minimum Gasteiger partial charge on any atom is -0.309 e. The van der Waals surface area contributed by atoms with E-state index in [0.29, 0.717) is 12.6 Å². The zero-order chi connectivity index (χ0) is 13.4. The number of aromatic nitrogens is 2. The lowest BCUT2D eigenvalue weighted by Crippen LogP contribution is -2.27. The minimum absolute atomic E-state index is 0.00456. The molecule has 0 bridgehead atoms. The van der Waals surface area contributed by atoms with E-state index in [1.54, 1.807) is 11.3 Å². The Hall–Kier alpha value is -1.20. The highest BCUT2D eigenvalue weighted by Crippen LogP contribution is 2.25. The van der Waals surface area contributed by atoms with Crippen LogP contribution in [0.2, 0.25) is 0 Å². The maximum atomic E-state index is 12.1. The first-order chi connectivity index (χ1) is 9.15. The summed E-state index contributed by atoms with van der Waals surface area (Å²) >= 11 is 1.61. The van der Waals surface area contributed by atoms with Gasteiger partial charge >= 0.3 is 0 Å². The van der Waals surface area contributed by atoms with Crippen molar-refractivity contribution >= 4 is 21.6 Å². The first-order valence-electron chi connectivity index (χ1n) is 6.87. The van der Waals surface area contributed by atoms with Gasteiger partial charge in [0, 0.05) is 10.9 Å². The predicted octanol–water partition coefficient (Wildman–Crippen LogP) is 2.63. The van der Waals surface area contributed by atoms with E-state index in [4.69, 9.17) is 0 Å². The summed E-state index contributed by atoms with van der Waals surface area (Å²) in [4.78, 5) is 21.6. The maximum absolute atomic E-state index is 12.1. The first kappa shape index (κ1) is 12.8. The van der Waals surface area contributed by atoms with Crippen molar-refractivity contribution in [1.29, 1.82) is 0 Å². The molecule has 5 heteroatoms. The molecule has 3 rings (SSSR count). The lowest BCUT2D eigenvalue weighted by atomic mass is 10.2. The van der Waals surface area contributed by atoms with Gasteiger partial charge in [0.25, 0.3) is 5.56 Å². The van der Waals surface area contributed by atoms with Crippen LogP contribution in [0.15, 0.2) is 4.79 Å². The van der Waals surface area contributed by atoms with E-state index in [2.05, 4.69) is 15.3 Å². The fourth-order valence-corrected chi connectivity index (χ4v) is 3.80. The van der Waals surface area contributed by atoms with E-state index >= 15 is 0 Å². The van der Waals surface area contributed by atoms with E-state index in [1.165, 1.54) is 30.6 Å². The van der Waals surface area contributed by atoms with Crippen LogP contribution in [0.3, 0.4) is 0 Å². The van der Waals surface area contributed by atoms with Crippen LogP contribution >= 0.6 is 11.3 Å². The Morgan fingerprint density at radius 3 is 2.84 bits per heavy atom. The Balaban J connectivity index is 1.86. The van der Waals surface area contributed by atoms with Gasteiger partial charge in [0.05, 0.1) is 11.9 Å². The number of hydrogen-bond acceptors (Lipinski definition) is 4. The molecule has 0 aliphatic heterocycles. The highest BCUT2D eigenvalue weighted by molar-refractivity contribution is 7.18. The third-order valence-corrected chi connectivity index (χ3v) is 5.10. The van der Waals surface area contributed by atoms with Crippen LogP contribution < -0.4 is 10.9 Å². The number of nitrogens with one attached hydrogen (secondary N) is 2. The zero-order valence-electron chi connectivity index (χ0n) is 11.4. The summed E-state index contributed by atoms with van der Waals surface area (Å²) in [5.74, 6) is 0.755. The first-order valence-corrected chi connectivity index (χ1v) is 7.69. The van der Waals surface area contributed by atoms with Gasteiger partial charge in [-0.05, 0) is 32.3 Å². The molecule has 19 heavy (non-hydrogen) atoms. The van der Waals surface area contributed by atoms with Gasteiger partial charge in [-0.2, -0.15) is 0 Å². The summed E-state index contributed by atoms with van der Waals surface area (Å²) in [6.45, 7) is 4.69. The van der Waals surface area contributed by atoms with Crippen LogP contribution in [0.5, 0.6) is 0 Å². The quantitative estimate of drug-likeness (QED) is 0.906. The Labute approximate surface area is 116 Å². The molecule has 1 fully saturated rings. The Morgan fingerprint density at radius 2 is 2.11 bits per heavy atom. The van der Waals surface area contributed by atoms with Gasteiger partial charge in [0.2, 0.25) is 0 Å². The van der Waals surface area contributed by atoms with Crippen LogP contribution in [0.4, 0.5) is 0 Å². The molecule has 102 valence electrons. The Bertz CT molecular complexity index is 652. The molecule has 0 unspecified atom stereocenters. The number of aryl methyl sites for hydroxylation is 2. The minimum atomic E-state index is -0.00456. The normalized spacial score (nSPS) is 16.5. The van der Waals surface area contributed by atoms with Crippen LogP contribution in [0, 0.1) is 13.8 Å². The summed E-state index contributed by atoms with van der Waals surface area (Å²) in [5, 5.41) is 4.24. The van der Waals surface area contributed by atoms with Crippen LogP contribution in [-0.4, -0.2) is 16.0 Å². The second-order valence-electron chi connectivity index (χ2n) is 5.34. The van der Waals surface area contributed by atoms with Gasteiger partial charge in [-0.25, -0.2) is 4.98 Å². The summed E-state index contributed by atoms with van der Waals surface area (Å²) < 4.78 is 0. The fraction of sp³-hybridized carbons (Fsp3) is 0.571. The number of rotatable bonds is 3. The molecule has 1 aliphatic carbocycles. The van der Waals surface area contributed by atoms with Crippen molar-refractivity contribution in [2.75, 3.05) is 0 Å². The van der Waals surface area contributed by atoms with Crippen molar-refractivity contribution in [3.8, 4) is 0 Å². The van der Waals surface area contributed by atoms with Crippen molar-refractivity contribution in [3.63, 3.8) is 0 Å². The molecule has 0 amide bonds. The van der Waals surface area contributed by atoms with E-state index < -0.39 is 0 Å². The fourth-order valence-electron chi connectivity index (χ4n) is 2.75. The van der Waals surface area contributed by atoms with E-state index in [-0.39, 0.29) is 5.56 Å². The van der Waals surface area contributed by atoms with Gasteiger partial charge in [0.15, 0.2) is 0 Å². The van der Waals surface area contributed by atoms with Gasteiger partial charge in [-0.3, -0.25) is 4.79 Å². The monoisotopic (exact) mass is 277 g/mol. The molecule has 1 saturated carbocycles. The molecule has 2 N–H and O–H groups in total. The number of thiophene rings is 1. The summed E-state index contributed by atoms with van der Waals surface area (Å²) in [5.41, 5.74) is 1.05. The Kier molecular flexibility index (Phi) is 3.41. The van der Waals surface area contributed by atoms with Crippen molar-refractivity contribution in [2.45, 2.75) is 52.1 Å². The molecule has 0 spiro atoms. The van der Waals surface area contributed by atoms with Crippen molar-refractivity contribution < 1.29 is 0 Å². The summed E-state index contributed by atoms with van der Waals surface area (Å²) in [6, 6.07) is 0.591. The zero-order valence-corrected chi connectivity index (χ0v) is 12.2. The van der Waals surface area contributed by atoms with E-state index in [9.17, 15) is 4.79 Å². The average Bonchev–Trinajstić information content (AvgIpc) is 2.96. The van der Waals surface area contributed by atoms with Gasteiger partial charge < -0.3 is 10.3 Å². The third kappa shape index (κ3) is 2.44. The third-order valence-electron chi connectivity index (χ3n) is 4.00. The summed E-state index contributed by atoms with van der Waals surface area (Å²) in [6.07, 6.45) is 5.10. The number of aromatic amines is 1. The van der Waals surface area contributed by atoms with Gasteiger partial charge in [0.1, 0.15) is 10.7 Å². The molecule has 0 saturated heterocycles. The van der Waals surface area contributed by atoms with Crippen molar-refractivity contribution in [1.82, 2.24) is 15.3 Å². The summed E-state index contributed by atoms with van der Waals surface area (Å²) in [7, 11) is 0. The molecule has 0 aromatic carbocycles. The molecule has 4 nitrogen and oxygen atoms in total. The van der Waals surface area contributed by atoms with E-state index in [0.717, 1.165) is 21.6 Å². The predicted molar refractivity (Wildman–Crippen MR) is 78.8 cm³/mol. The van der Waals surface area contributed by atoms with Crippen molar-refractivity contribution in [2.24, 2.45) is 0 Å². The lowest BCUT2D eigenvalue weighted by Gasteiger charge is -2.10. The number of hydrogen-bond donors (Lipinski definition) is 2.